The summed E-state index contributed by atoms with van der Waals surface area (Å²) in [6.07, 6.45) is 4.61. The van der Waals surface area contributed by atoms with Gasteiger partial charge in [0, 0.05) is 25.5 Å². The van der Waals surface area contributed by atoms with Gasteiger partial charge >= 0.3 is 0 Å². The van der Waals surface area contributed by atoms with Crippen molar-refractivity contribution in [3.63, 3.8) is 0 Å². The molecular formula is C15H17Cl2N3. The summed E-state index contributed by atoms with van der Waals surface area (Å²) < 4.78 is 0. The molecule has 1 aromatic carbocycles. The highest BCUT2D eigenvalue weighted by atomic mass is 35.5. The maximum atomic E-state index is 6.04. The number of aromatic nitrogens is 1. The molecule has 0 spiro atoms. The summed E-state index contributed by atoms with van der Waals surface area (Å²) in [7, 11) is 2.07. The second-order valence-corrected chi connectivity index (χ2v) is 5.63. The smallest absolute Gasteiger partial charge is 0.0693 e. The van der Waals surface area contributed by atoms with E-state index >= 15 is 0 Å². The predicted octanol–water partition coefficient (Wildman–Crippen LogP) is 3.65. The van der Waals surface area contributed by atoms with E-state index in [1.165, 1.54) is 5.56 Å². The van der Waals surface area contributed by atoms with E-state index in [1.54, 1.807) is 0 Å². The molecule has 3 nitrogen and oxygen atoms in total. The first-order chi connectivity index (χ1) is 9.56. The number of likely N-dealkylation sites (N-methyl/N-ethyl adjacent to an activating group) is 1. The zero-order valence-corrected chi connectivity index (χ0v) is 12.8. The molecular weight excluding hydrogens is 293 g/mol. The number of halogens is 2. The van der Waals surface area contributed by atoms with Crippen LogP contribution in [-0.2, 0) is 13.0 Å². The summed E-state index contributed by atoms with van der Waals surface area (Å²) in [6.45, 7) is 1.73. The van der Waals surface area contributed by atoms with Crippen LogP contribution in [0.25, 0.3) is 0 Å². The Bertz CT molecular complexity index is 550. The molecule has 0 bridgehead atoms. The molecule has 2 rings (SSSR count). The highest BCUT2D eigenvalue weighted by Crippen LogP contribution is 2.29. The van der Waals surface area contributed by atoms with Crippen molar-refractivity contribution in [2.45, 2.75) is 13.0 Å². The SMILES string of the molecule is CN(CCc1ccncc1)Cc1cc(Cl)c(N)c(Cl)c1. The Morgan fingerprint density at radius 3 is 2.30 bits per heavy atom. The summed E-state index contributed by atoms with van der Waals surface area (Å²) in [5.74, 6) is 0. The lowest BCUT2D eigenvalue weighted by molar-refractivity contribution is 0.331. The van der Waals surface area contributed by atoms with Crippen LogP contribution in [0.2, 0.25) is 10.0 Å². The average Bonchev–Trinajstić information content (AvgIpc) is 2.43. The summed E-state index contributed by atoms with van der Waals surface area (Å²) in [4.78, 5) is 6.23. The normalized spacial score (nSPS) is 11.0. The van der Waals surface area contributed by atoms with E-state index in [-0.39, 0.29) is 0 Å². The Kier molecular flexibility index (Phi) is 5.24. The molecule has 0 aliphatic heterocycles. The molecule has 0 unspecified atom stereocenters. The Morgan fingerprint density at radius 1 is 1.10 bits per heavy atom. The van der Waals surface area contributed by atoms with Crippen LogP contribution in [0.3, 0.4) is 0 Å². The number of hydrogen-bond donors (Lipinski definition) is 1. The number of nitrogens with two attached hydrogens (primary N) is 1. The van der Waals surface area contributed by atoms with Crippen LogP contribution in [0, 0.1) is 0 Å². The average molecular weight is 310 g/mol. The number of anilines is 1. The second-order valence-electron chi connectivity index (χ2n) is 4.82. The minimum atomic E-state index is 0.441. The fourth-order valence-corrected chi connectivity index (χ4v) is 2.52. The van der Waals surface area contributed by atoms with Crippen molar-refractivity contribution in [1.29, 1.82) is 0 Å². The molecule has 2 aromatic rings. The number of hydrogen-bond acceptors (Lipinski definition) is 3. The molecule has 0 saturated carbocycles. The Balaban J connectivity index is 1.93. The first-order valence-electron chi connectivity index (χ1n) is 6.37. The van der Waals surface area contributed by atoms with Gasteiger partial charge < -0.3 is 10.6 Å². The van der Waals surface area contributed by atoms with E-state index in [0.717, 1.165) is 25.1 Å². The van der Waals surface area contributed by atoms with Gasteiger partial charge in [0.2, 0.25) is 0 Å². The van der Waals surface area contributed by atoms with Crippen molar-refractivity contribution in [1.82, 2.24) is 9.88 Å². The minimum absolute atomic E-state index is 0.441. The molecule has 5 heteroatoms. The Labute approximate surface area is 129 Å². The summed E-state index contributed by atoms with van der Waals surface area (Å²) in [5.41, 5.74) is 8.51. The topological polar surface area (TPSA) is 42.2 Å². The van der Waals surface area contributed by atoms with Gasteiger partial charge in [-0.3, -0.25) is 4.98 Å². The molecule has 2 N–H and O–H groups in total. The molecule has 0 aliphatic carbocycles. The highest BCUT2D eigenvalue weighted by Gasteiger charge is 2.07. The van der Waals surface area contributed by atoms with E-state index in [4.69, 9.17) is 28.9 Å². The molecule has 1 heterocycles. The largest absolute Gasteiger partial charge is 0.396 e. The molecule has 0 amide bonds. The molecule has 0 radical (unpaired) electrons. The fraction of sp³-hybridized carbons (Fsp3) is 0.267. The minimum Gasteiger partial charge on any atom is -0.396 e. The standard InChI is InChI=1S/C15H17Cl2N3/c1-20(7-4-11-2-5-19-6-3-11)10-12-8-13(16)15(18)14(17)9-12/h2-3,5-6,8-9H,4,7,10,18H2,1H3. The quantitative estimate of drug-likeness (QED) is 0.857. The van der Waals surface area contributed by atoms with E-state index in [0.29, 0.717) is 15.7 Å². The van der Waals surface area contributed by atoms with Gasteiger partial charge in [-0.15, -0.1) is 0 Å². The van der Waals surface area contributed by atoms with Crippen LogP contribution < -0.4 is 5.73 Å². The number of benzene rings is 1. The second kappa shape index (κ2) is 6.93. The zero-order chi connectivity index (χ0) is 14.5. The fourth-order valence-electron chi connectivity index (χ4n) is 1.99. The maximum Gasteiger partial charge on any atom is 0.0693 e. The van der Waals surface area contributed by atoms with Gasteiger partial charge in [-0.1, -0.05) is 23.2 Å². The maximum absolute atomic E-state index is 6.04. The van der Waals surface area contributed by atoms with E-state index in [1.807, 2.05) is 36.7 Å². The molecule has 20 heavy (non-hydrogen) atoms. The Hall–Kier alpha value is -1.29. The van der Waals surface area contributed by atoms with Gasteiger partial charge in [0.25, 0.3) is 0 Å². The van der Waals surface area contributed by atoms with Crippen LogP contribution in [0.15, 0.2) is 36.7 Å². The summed E-state index contributed by atoms with van der Waals surface area (Å²) in [5, 5.41) is 1.02. The number of rotatable bonds is 5. The third kappa shape index (κ3) is 4.10. The van der Waals surface area contributed by atoms with Crippen molar-refractivity contribution >= 4 is 28.9 Å². The van der Waals surface area contributed by atoms with Gasteiger partial charge in [-0.2, -0.15) is 0 Å². The van der Waals surface area contributed by atoms with Crippen molar-refractivity contribution in [2.75, 3.05) is 19.3 Å². The predicted molar refractivity (Wildman–Crippen MR) is 85.1 cm³/mol. The third-order valence-corrected chi connectivity index (χ3v) is 3.75. The zero-order valence-electron chi connectivity index (χ0n) is 11.3. The number of nitrogen functional groups attached to an aromatic ring is 1. The monoisotopic (exact) mass is 309 g/mol. The molecule has 0 atom stereocenters. The molecule has 0 aliphatic rings. The lowest BCUT2D eigenvalue weighted by atomic mass is 10.1. The number of pyridine rings is 1. The van der Waals surface area contributed by atoms with Gasteiger partial charge in [0.05, 0.1) is 15.7 Å². The molecule has 106 valence electrons. The van der Waals surface area contributed by atoms with Gasteiger partial charge in [0.1, 0.15) is 0 Å². The molecule has 1 aromatic heterocycles. The Morgan fingerprint density at radius 2 is 1.70 bits per heavy atom. The highest BCUT2D eigenvalue weighted by molar-refractivity contribution is 6.38. The van der Waals surface area contributed by atoms with Crippen LogP contribution in [0.1, 0.15) is 11.1 Å². The first kappa shape index (κ1) is 15.1. The van der Waals surface area contributed by atoms with Crippen LogP contribution >= 0.6 is 23.2 Å². The molecule has 0 fully saturated rings. The van der Waals surface area contributed by atoms with Crippen molar-refractivity contribution in [2.24, 2.45) is 0 Å². The van der Waals surface area contributed by atoms with Gasteiger partial charge in [-0.05, 0) is 48.9 Å². The lowest BCUT2D eigenvalue weighted by Gasteiger charge is -2.17. The third-order valence-electron chi connectivity index (χ3n) is 3.12. The number of nitrogens with zero attached hydrogens (tertiary/aromatic N) is 2. The van der Waals surface area contributed by atoms with Crippen molar-refractivity contribution in [3.8, 4) is 0 Å². The van der Waals surface area contributed by atoms with E-state index in [9.17, 15) is 0 Å². The van der Waals surface area contributed by atoms with E-state index in [2.05, 4.69) is 16.9 Å². The molecule has 0 saturated heterocycles. The lowest BCUT2D eigenvalue weighted by Crippen LogP contribution is -2.20. The van der Waals surface area contributed by atoms with Crippen LogP contribution in [0.5, 0.6) is 0 Å². The van der Waals surface area contributed by atoms with Crippen molar-refractivity contribution in [3.05, 3.63) is 57.8 Å². The van der Waals surface area contributed by atoms with Crippen LogP contribution in [-0.4, -0.2) is 23.5 Å². The van der Waals surface area contributed by atoms with Gasteiger partial charge in [0.15, 0.2) is 0 Å². The van der Waals surface area contributed by atoms with Crippen molar-refractivity contribution < 1.29 is 0 Å². The van der Waals surface area contributed by atoms with E-state index < -0.39 is 0 Å². The summed E-state index contributed by atoms with van der Waals surface area (Å²) >= 11 is 12.1. The summed E-state index contributed by atoms with van der Waals surface area (Å²) in [6, 6.07) is 7.80. The van der Waals surface area contributed by atoms with Gasteiger partial charge in [-0.25, -0.2) is 0 Å². The van der Waals surface area contributed by atoms with Crippen LogP contribution in [0.4, 0.5) is 5.69 Å². The first-order valence-corrected chi connectivity index (χ1v) is 7.12.